The van der Waals surface area contributed by atoms with E-state index in [1.807, 2.05) is 31.9 Å². The Morgan fingerprint density at radius 1 is 1.45 bits per heavy atom. The number of likely N-dealkylation sites (tertiary alicyclic amines) is 1. The molecule has 1 unspecified atom stereocenters. The number of hydrogen-bond donors (Lipinski definition) is 1. The molecule has 1 aliphatic rings. The summed E-state index contributed by atoms with van der Waals surface area (Å²) in [6, 6.07) is 0.0676. The lowest BCUT2D eigenvalue weighted by molar-refractivity contribution is 0.0734. The maximum atomic E-state index is 12.7. The Hall–Kier alpha value is -1.69. The van der Waals surface area contributed by atoms with Crippen molar-refractivity contribution in [3.05, 3.63) is 33.3 Å². The quantitative estimate of drug-likeness (QED) is 0.925. The molecule has 6 heteroatoms. The molecule has 5 nitrogen and oxygen atoms in total. The summed E-state index contributed by atoms with van der Waals surface area (Å²) in [5.74, 6) is 0.983. The van der Waals surface area contributed by atoms with Gasteiger partial charge in [0, 0.05) is 18.4 Å². The van der Waals surface area contributed by atoms with E-state index in [9.17, 15) is 4.79 Å². The molecule has 1 fully saturated rings. The fraction of sp³-hybridized carbons (Fsp3) is 0.500. The number of aryl methyl sites for hydroxylation is 3. The van der Waals surface area contributed by atoms with Crippen LogP contribution < -0.4 is 0 Å². The second-order valence-electron chi connectivity index (χ2n) is 5.26. The molecule has 2 aromatic rings. The molecule has 1 saturated heterocycles. The molecule has 3 rings (SSSR count). The first-order valence-electron chi connectivity index (χ1n) is 6.83. The van der Waals surface area contributed by atoms with Crippen molar-refractivity contribution < 1.29 is 4.79 Å². The molecule has 0 aliphatic carbocycles. The van der Waals surface area contributed by atoms with Gasteiger partial charge in [-0.3, -0.25) is 4.79 Å². The predicted octanol–water partition coefficient (Wildman–Crippen LogP) is 2.77. The molecule has 0 radical (unpaired) electrons. The molecule has 3 heterocycles. The lowest BCUT2D eigenvalue weighted by atomic mass is 10.2. The molecule has 1 N–H and O–H groups in total. The standard InChI is InChI=1S/C14H18N4OS/c1-8-7-15-13(16-8)11-5-4-6-18(11)14(19)12-9(2)17-10(3)20-12/h7,11H,4-6H2,1-3H3,(H,15,16). The number of aromatic nitrogens is 3. The number of aromatic amines is 1. The minimum Gasteiger partial charge on any atom is -0.344 e. The highest BCUT2D eigenvalue weighted by atomic mass is 32.1. The first-order valence-corrected chi connectivity index (χ1v) is 7.64. The molecule has 0 aromatic carbocycles. The molecule has 2 aromatic heterocycles. The minimum atomic E-state index is 0.0676. The summed E-state index contributed by atoms with van der Waals surface area (Å²) >= 11 is 1.48. The van der Waals surface area contributed by atoms with Crippen LogP contribution in [0.25, 0.3) is 0 Å². The zero-order valence-corrected chi connectivity index (χ0v) is 12.8. The van der Waals surface area contributed by atoms with Crippen LogP contribution >= 0.6 is 11.3 Å². The van der Waals surface area contributed by atoms with Crippen LogP contribution in [-0.2, 0) is 0 Å². The Morgan fingerprint density at radius 3 is 2.85 bits per heavy atom. The summed E-state index contributed by atoms with van der Waals surface area (Å²) in [7, 11) is 0. The summed E-state index contributed by atoms with van der Waals surface area (Å²) in [6.45, 7) is 6.61. The van der Waals surface area contributed by atoms with Gasteiger partial charge in [-0.05, 0) is 33.6 Å². The van der Waals surface area contributed by atoms with Crippen LogP contribution in [0.4, 0.5) is 0 Å². The molecule has 106 valence electrons. The number of thiazole rings is 1. The predicted molar refractivity (Wildman–Crippen MR) is 77.9 cm³/mol. The fourth-order valence-electron chi connectivity index (χ4n) is 2.76. The van der Waals surface area contributed by atoms with E-state index in [-0.39, 0.29) is 11.9 Å². The molecule has 1 aliphatic heterocycles. The van der Waals surface area contributed by atoms with Gasteiger partial charge in [0.25, 0.3) is 5.91 Å². The van der Waals surface area contributed by atoms with Crippen molar-refractivity contribution in [3.8, 4) is 0 Å². The zero-order chi connectivity index (χ0) is 14.3. The average molecular weight is 290 g/mol. The topological polar surface area (TPSA) is 61.9 Å². The van der Waals surface area contributed by atoms with Gasteiger partial charge in [-0.2, -0.15) is 0 Å². The Labute approximate surface area is 122 Å². The van der Waals surface area contributed by atoms with Gasteiger partial charge < -0.3 is 9.88 Å². The molecule has 0 saturated carbocycles. The lowest BCUT2D eigenvalue weighted by Gasteiger charge is -2.22. The van der Waals surface area contributed by atoms with Gasteiger partial charge in [-0.1, -0.05) is 0 Å². The number of carbonyl (C=O) groups is 1. The molecule has 0 bridgehead atoms. The SMILES string of the molecule is Cc1cnc(C2CCCN2C(=O)c2sc(C)nc2C)[nH]1. The Balaban J connectivity index is 1.89. The number of nitrogens with zero attached hydrogens (tertiary/aromatic N) is 3. The third-order valence-corrected chi connectivity index (χ3v) is 4.71. The van der Waals surface area contributed by atoms with Crippen LogP contribution in [0.5, 0.6) is 0 Å². The van der Waals surface area contributed by atoms with E-state index in [4.69, 9.17) is 0 Å². The molecular formula is C14H18N4OS. The fourth-order valence-corrected chi connectivity index (χ4v) is 3.63. The largest absolute Gasteiger partial charge is 0.344 e. The number of rotatable bonds is 2. The second kappa shape index (κ2) is 5.01. The van der Waals surface area contributed by atoms with Crippen LogP contribution in [-0.4, -0.2) is 32.3 Å². The molecule has 20 heavy (non-hydrogen) atoms. The summed E-state index contributed by atoms with van der Waals surface area (Å²) < 4.78 is 0. The van der Waals surface area contributed by atoms with Crippen LogP contribution in [0.1, 0.15) is 50.8 Å². The van der Waals surface area contributed by atoms with Crippen molar-refractivity contribution in [1.82, 2.24) is 19.9 Å². The van der Waals surface area contributed by atoms with Crippen LogP contribution in [0, 0.1) is 20.8 Å². The first-order chi connectivity index (χ1) is 9.56. The normalized spacial score (nSPS) is 18.8. The maximum absolute atomic E-state index is 12.7. The minimum absolute atomic E-state index is 0.0676. The first kappa shape index (κ1) is 13.3. The van der Waals surface area contributed by atoms with Gasteiger partial charge in [0.05, 0.1) is 16.7 Å². The van der Waals surface area contributed by atoms with Gasteiger partial charge in [-0.25, -0.2) is 9.97 Å². The van der Waals surface area contributed by atoms with E-state index in [1.165, 1.54) is 11.3 Å². The van der Waals surface area contributed by atoms with Crippen LogP contribution in [0.2, 0.25) is 0 Å². The van der Waals surface area contributed by atoms with Gasteiger partial charge in [-0.15, -0.1) is 11.3 Å². The monoisotopic (exact) mass is 290 g/mol. The summed E-state index contributed by atoms with van der Waals surface area (Å²) in [5, 5.41) is 0.940. The number of imidazole rings is 1. The third kappa shape index (κ3) is 2.24. The van der Waals surface area contributed by atoms with Gasteiger partial charge in [0.2, 0.25) is 0 Å². The van der Waals surface area contributed by atoms with Crippen LogP contribution in [0.15, 0.2) is 6.20 Å². The maximum Gasteiger partial charge on any atom is 0.266 e. The van der Waals surface area contributed by atoms with E-state index in [1.54, 1.807) is 0 Å². The zero-order valence-electron chi connectivity index (χ0n) is 11.9. The number of hydrogen-bond acceptors (Lipinski definition) is 4. The summed E-state index contributed by atoms with van der Waals surface area (Å²) in [6.07, 6.45) is 3.81. The average Bonchev–Trinajstić information content (AvgIpc) is 3.08. The van der Waals surface area contributed by atoms with E-state index < -0.39 is 0 Å². The molecule has 0 spiro atoms. The second-order valence-corrected chi connectivity index (χ2v) is 6.46. The molecular weight excluding hydrogens is 272 g/mol. The van der Waals surface area contributed by atoms with Crippen LogP contribution in [0.3, 0.4) is 0 Å². The Morgan fingerprint density at radius 2 is 2.25 bits per heavy atom. The number of H-pyrrole nitrogens is 1. The Bertz CT molecular complexity index is 645. The smallest absolute Gasteiger partial charge is 0.266 e. The van der Waals surface area contributed by atoms with Crippen molar-refractivity contribution in [2.24, 2.45) is 0 Å². The highest BCUT2D eigenvalue weighted by Crippen LogP contribution is 2.33. The highest BCUT2D eigenvalue weighted by molar-refractivity contribution is 7.13. The third-order valence-electron chi connectivity index (χ3n) is 3.65. The van der Waals surface area contributed by atoms with Gasteiger partial charge in [0.15, 0.2) is 0 Å². The number of carbonyl (C=O) groups excluding carboxylic acids is 1. The van der Waals surface area contributed by atoms with Crippen molar-refractivity contribution in [3.63, 3.8) is 0 Å². The lowest BCUT2D eigenvalue weighted by Crippen LogP contribution is -2.31. The van der Waals surface area contributed by atoms with E-state index in [0.29, 0.717) is 0 Å². The number of nitrogens with one attached hydrogen (secondary N) is 1. The van der Waals surface area contributed by atoms with Crippen molar-refractivity contribution in [1.29, 1.82) is 0 Å². The highest BCUT2D eigenvalue weighted by Gasteiger charge is 2.33. The van der Waals surface area contributed by atoms with E-state index in [2.05, 4.69) is 15.0 Å². The van der Waals surface area contributed by atoms with Gasteiger partial charge >= 0.3 is 0 Å². The number of amides is 1. The summed E-state index contributed by atoms with van der Waals surface area (Å²) in [5.41, 5.74) is 1.86. The molecule has 1 amide bonds. The van der Waals surface area contributed by atoms with Gasteiger partial charge in [0.1, 0.15) is 10.7 Å². The van der Waals surface area contributed by atoms with E-state index in [0.717, 1.165) is 46.5 Å². The Kier molecular flexibility index (Phi) is 3.33. The van der Waals surface area contributed by atoms with Crippen molar-refractivity contribution in [2.45, 2.75) is 39.7 Å². The van der Waals surface area contributed by atoms with Crippen molar-refractivity contribution >= 4 is 17.2 Å². The van der Waals surface area contributed by atoms with Crippen molar-refractivity contribution in [2.75, 3.05) is 6.54 Å². The van der Waals surface area contributed by atoms with E-state index >= 15 is 0 Å². The molecule has 1 atom stereocenters. The summed E-state index contributed by atoms with van der Waals surface area (Å²) in [4.78, 5) is 27.4.